The van der Waals surface area contributed by atoms with E-state index >= 15 is 0 Å². The van der Waals surface area contributed by atoms with Crippen LogP contribution in [0.5, 0.6) is 0 Å². The molecule has 0 aliphatic carbocycles. The smallest absolute Gasteiger partial charge is 0.309 e. The van der Waals surface area contributed by atoms with Crippen LogP contribution in [0.15, 0.2) is 78.9 Å². The second-order valence-corrected chi connectivity index (χ2v) is 16.5. The summed E-state index contributed by atoms with van der Waals surface area (Å²) in [4.78, 5) is 69.0. The summed E-state index contributed by atoms with van der Waals surface area (Å²) in [6.45, 7) is 13.3. The number of aryl methyl sites for hydroxylation is 2. The summed E-state index contributed by atoms with van der Waals surface area (Å²) >= 11 is 1.43. The van der Waals surface area contributed by atoms with Crippen LogP contribution < -0.4 is 21.3 Å². The van der Waals surface area contributed by atoms with Crippen LogP contribution in [-0.2, 0) is 43.5 Å². The highest BCUT2D eigenvalue weighted by Gasteiger charge is 2.50. The number of aliphatic hydroxyl groups is 1. The van der Waals surface area contributed by atoms with Crippen molar-refractivity contribution in [2.24, 2.45) is 5.41 Å². The molecule has 3 aromatic rings. The summed E-state index contributed by atoms with van der Waals surface area (Å²) in [5.74, 6) is -3.46. The number of rotatable bonds is 12. The second-order valence-electron chi connectivity index (χ2n) is 14.9. The van der Waals surface area contributed by atoms with E-state index in [9.17, 15) is 29.1 Å². The molecule has 4 atom stereocenters. The quantitative estimate of drug-likeness (QED) is 0.179. The molecule has 1 aliphatic heterocycles. The highest BCUT2D eigenvalue weighted by atomic mass is 32.2. The van der Waals surface area contributed by atoms with Crippen molar-refractivity contribution in [3.63, 3.8) is 0 Å². The molecule has 278 valence electrons. The minimum atomic E-state index is -1.74. The standard InChI is InChI=1S/C40H51N5O6S/c1-25-17-19-28(20-18-25)22-41-36(49)37(50)44-32(39(3,4)5)34(47)43-30(21-27-14-9-8-10-15-27)31(46)38(51)45-24-52-40(6,7)33(45)35(48)42-23-29-16-12-11-13-26(29)2/h8-20,30-33,46H,21-24H2,1-7H3,(H,41,49)(H,42,48)(H,43,47)(H,44,50)/t30-,31-,32+,33+/m0/s1. The van der Waals surface area contributed by atoms with E-state index in [0.29, 0.717) is 0 Å². The van der Waals surface area contributed by atoms with E-state index in [1.54, 1.807) is 20.8 Å². The van der Waals surface area contributed by atoms with Crippen LogP contribution in [0.25, 0.3) is 0 Å². The van der Waals surface area contributed by atoms with Gasteiger partial charge in [-0.25, -0.2) is 0 Å². The number of carbonyl (C=O) groups is 5. The summed E-state index contributed by atoms with van der Waals surface area (Å²) in [5, 5.41) is 22.6. The van der Waals surface area contributed by atoms with Gasteiger partial charge in [-0.15, -0.1) is 11.8 Å². The molecular formula is C40H51N5O6S. The second kappa shape index (κ2) is 17.2. The molecule has 1 aliphatic rings. The molecule has 0 saturated carbocycles. The third-order valence-electron chi connectivity index (χ3n) is 9.24. The van der Waals surface area contributed by atoms with Gasteiger partial charge in [0.1, 0.15) is 12.1 Å². The van der Waals surface area contributed by atoms with E-state index in [-0.39, 0.29) is 31.3 Å². The lowest BCUT2D eigenvalue weighted by molar-refractivity contribution is -0.148. The summed E-state index contributed by atoms with van der Waals surface area (Å²) in [6.07, 6.45) is -1.66. The Balaban J connectivity index is 1.51. The number of hydrogen-bond donors (Lipinski definition) is 5. The average molecular weight is 730 g/mol. The van der Waals surface area contributed by atoms with Crippen molar-refractivity contribution in [3.8, 4) is 0 Å². The van der Waals surface area contributed by atoms with E-state index in [4.69, 9.17) is 0 Å². The molecule has 11 nitrogen and oxygen atoms in total. The molecule has 0 radical (unpaired) electrons. The molecule has 52 heavy (non-hydrogen) atoms. The van der Waals surface area contributed by atoms with Crippen LogP contribution in [0.2, 0.25) is 0 Å². The van der Waals surface area contributed by atoms with Crippen LogP contribution in [-0.4, -0.2) is 74.4 Å². The van der Waals surface area contributed by atoms with Crippen molar-refractivity contribution in [2.75, 3.05) is 5.88 Å². The Kier molecular flexibility index (Phi) is 13.3. The fourth-order valence-corrected chi connectivity index (χ4v) is 7.20. The number of thioether (sulfide) groups is 1. The van der Waals surface area contributed by atoms with Gasteiger partial charge < -0.3 is 31.3 Å². The van der Waals surface area contributed by atoms with E-state index in [2.05, 4.69) is 21.3 Å². The molecule has 0 bridgehead atoms. The molecule has 0 unspecified atom stereocenters. The molecule has 5 N–H and O–H groups in total. The molecule has 1 heterocycles. The van der Waals surface area contributed by atoms with Crippen LogP contribution >= 0.6 is 11.8 Å². The maximum Gasteiger partial charge on any atom is 0.309 e. The topological polar surface area (TPSA) is 157 Å². The molecule has 0 spiro atoms. The zero-order chi connectivity index (χ0) is 38.2. The Morgan fingerprint density at radius 2 is 1.46 bits per heavy atom. The fraction of sp³-hybridized carbons (Fsp3) is 0.425. The van der Waals surface area contributed by atoms with Gasteiger partial charge in [-0.05, 0) is 61.8 Å². The van der Waals surface area contributed by atoms with Gasteiger partial charge >= 0.3 is 11.8 Å². The number of benzene rings is 3. The Hall–Kier alpha value is -4.68. The van der Waals surface area contributed by atoms with E-state index < -0.39 is 58.0 Å². The van der Waals surface area contributed by atoms with Crippen molar-refractivity contribution < 1.29 is 29.1 Å². The minimum Gasteiger partial charge on any atom is -0.381 e. The predicted octanol–water partition coefficient (Wildman–Crippen LogP) is 3.54. The van der Waals surface area contributed by atoms with E-state index in [1.165, 1.54) is 16.7 Å². The first-order valence-electron chi connectivity index (χ1n) is 17.4. The van der Waals surface area contributed by atoms with Crippen molar-refractivity contribution in [1.82, 2.24) is 26.2 Å². The predicted molar refractivity (Wildman–Crippen MR) is 203 cm³/mol. The van der Waals surface area contributed by atoms with Crippen molar-refractivity contribution >= 4 is 41.3 Å². The monoisotopic (exact) mass is 729 g/mol. The molecular weight excluding hydrogens is 679 g/mol. The molecule has 12 heteroatoms. The molecule has 5 amide bonds. The highest BCUT2D eigenvalue weighted by molar-refractivity contribution is 8.00. The van der Waals surface area contributed by atoms with Crippen molar-refractivity contribution in [2.45, 2.75) is 97.0 Å². The Morgan fingerprint density at radius 3 is 2.10 bits per heavy atom. The normalized spacial score (nSPS) is 17.0. The van der Waals surface area contributed by atoms with Gasteiger partial charge in [0.15, 0.2) is 6.10 Å². The fourth-order valence-electron chi connectivity index (χ4n) is 6.06. The first-order chi connectivity index (χ1) is 24.5. The lowest BCUT2D eigenvalue weighted by atomic mass is 9.85. The van der Waals surface area contributed by atoms with Crippen molar-refractivity contribution in [3.05, 3.63) is 107 Å². The van der Waals surface area contributed by atoms with Crippen LogP contribution in [0.4, 0.5) is 0 Å². The molecule has 3 aromatic carbocycles. The van der Waals surface area contributed by atoms with Gasteiger partial charge in [0.05, 0.1) is 11.9 Å². The summed E-state index contributed by atoms with van der Waals surface area (Å²) in [7, 11) is 0. The SMILES string of the molecule is Cc1ccc(CNC(=O)C(=O)N[C@H](C(=O)N[C@@H](Cc2ccccc2)[C@H](O)C(=O)N2CSC(C)(C)[C@H]2C(=O)NCc2ccccc2C)C(C)(C)C)cc1. The lowest BCUT2D eigenvalue weighted by Crippen LogP contribution is -2.62. The molecule has 0 aromatic heterocycles. The number of nitrogens with zero attached hydrogens (tertiary/aromatic N) is 1. The van der Waals surface area contributed by atoms with Crippen LogP contribution in [0, 0.1) is 19.3 Å². The van der Waals surface area contributed by atoms with Crippen LogP contribution in [0.3, 0.4) is 0 Å². The summed E-state index contributed by atoms with van der Waals surface area (Å²) in [5.41, 5.74) is 3.73. The number of nitrogens with one attached hydrogen (secondary N) is 4. The van der Waals surface area contributed by atoms with Gasteiger partial charge in [0.25, 0.3) is 5.91 Å². The number of amides is 5. The average Bonchev–Trinajstić information content (AvgIpc) is 3.43. The highest BCUT2D eigenvalue weighted by Crippen LogP contribution is 2.40. The maximum absolute atomic E-state index is 14.1. The first kappa shape index (κ1) is 40.1. The van der Waals surface area contributed by atoms with E-state index in [1.807, 2.05) is 107 Å². The van der Waals surface area contributed by atoms with Gasteiger partial charge in [0.2, 0.25) is 11.8 Å². The van der Waals surface area contributed by atoms with Gasteiger partial charge in [-0.2, -0.15) is 0 Å². The largest absolute Gasteiger partial charge is 0.381 e. The number of aliphatic hydroxyl groups excluding tert-OH is 1. The third kappa shape index (κ3) is 10.4. The van der Waals surface area contributed by atoms with Crippen LogP contribution in [0.1, 0.15) is 62.4 Å². The number of hydrogen-bond acceptors (Lipinski definition) is 7. The number of carbonyl (C=O) groups excluding carboxylic acids is 5. The van der Waals surface area contributed by atoms with Gasteiger partial charge in [-0.3, -0.25) is 24.0 Å². The first-order valence-corrected chi connectivity index (χ1v) is 18.4. The molecule has 4 rings (SSSR count). The Bertz CT molecular complexity index is 1740. The third-order valence-corrected chi connectivity index (χ3v) is 10.6. The molecule has 1 saturated heterocycles. The van der Waals surface area contributed by atoms with Gasteiger partial charge in [0, 0.05) is 17.8 Å². The van der Waals surface area contributed by atoms with Gasteiger partial charge in [-0.1, -0.05) is 105 Å². The summed E-state index contributed by atoms with van der Waals surface area (Å²) < 4.78 is -0.662. The van der Waals surface area contributed by atoms with Crippen molar-refractivity contribution in [1.29, 1.82) is 0 Å². The minimum absolute atomic E-state index is 0.0792. The maximum atomic E-state index is 14.1. The Morgan fingerprint density at radius 1 is 0.827 bits per heavy atom. The Labute approximate surface area is 310 Å². The zero-order valence-corrected chi connectivity index (χ0v) is 31.8. The molecule has 1 fully saturated rings. The summed E-state index contributed by atoms with van der Waals surface area (Å²) in [6, 6.07) is 21.1. The van der Waals surface area contributed by atoms with E-state index in [0.717, 1.165) is 27.8 Å². The zero-order valence-electron chi connectivity index (χ0n) is 31.0. The lowest BCUT2D eigenvalue weighted by Gasteiger charge is -2.35.